The van der Waals surface area contributed by atoms with Crippen molar-refractivity contribution < 1.29 is 14.3 Å². The Morgan fingerprint density at radius 1 is 1.42 bits per heavy atom. The summed E-state index contributed by atoms with van der Waals surface area (Å²) >= 11 is 0. The van der Waals surface area contributed by atoms with E-state index in [2.05, 4.69) is 10.1 Å². The standard InChI is InChI=1S/C13H12FN3O2/c1-8-15-9(2)17(16-8)12-5-4-11(14)7-10(12)3-6-13(18)19/h3-7H,1-2H3,(H,18,19). The number of nitrogens with zero attached hydrogens (tertiary/aromatic N) is 3. The zero-order valence-corrected chi connectivity index (χ0v) is 10.5. The molecule has 1 aromatic carbocycles. The zero-order chi connectivity index (χ0) is 14.0. The predicted octanol–water partition coefficient (Wildman–Crippen LogP) is 2.12. The molecule has 5 nitrogen and oxygen atoms in total. The molecule has 0 fully saturated rings. The van der Waals surface area contributed by atoms with Crippen molar-refractivity contribution in [3.05, 3.63) is 47.3 Å². The molecule has 0 saturated heterocycles. The van der Waals surface area contributed by atoms with Gasteiger partial charge in [-0.25, -0.2) is 18.9 Å². The number of hydrogen-bond donors (Lipinski definition) is 1. The van der Waals surface area contributed by atoms with Gasteiger partial charge >= 0.3 is 5.97 Å². The highest BCUT2D eigenvalue weighted by molar-refractivity contribution is 5.86. The lowest BCUT2D eigenvalue weighted by Gasteiger charge is -2.07. The van der Waals surface area contributed by atoms with Crippen LogP contribution in [0.25, 0.3) is 11.8 Å². The third kappa shape index (κ3) is 2.85. The Morgan fingerprint density at radius 3 is 2.74 bits per heavy atom. The van der Waals surface area contributed by atoms with E-state index >= 15 is 0 Å². The minimum atomic E-state index is -1.10. The van der Waals surface area contributed by atoms with Gasteiger partial charge in [0.15, 0.2) is 0 Å². The smallest absolute Gasteiger partial charge is 0.328 e. The lowest BCUT2D eigenvalue weighted by molar-refractivity contribution is -0.131. The van der Waals surface area contributed by atoms with Crippen LogP contribution in [-0.2, 0) is 4.79 Å². The maximum Gasteiger partial charge on any atom is 0.328 e. The highest BCUT2D eigenvalue weighted by Crippen LogP contribution is 2.18. The average molecular weight is 261 g/mol. The molecular weight excluding hydrogens is 249 g/mol. The minimum absolute atomic E-state index is 0.426. The largest absolute Gasteiger partial charge is 0.478 e. The highest BCUT2D eigenvalue weighted by atomic mass is 19.1. The van der Waals surface area contributed by atoms with Crippen molar-refractivity contribution in [3.8, 4) is 5.69 Å². The van der Waals surface area contributed by atoms with Crippen LogP contribution in [0.5, 0.6) is 0 Å². The van der Waals surface area contributed by atoms with Gasteiger partial charge in [-0.15, -0.1) is 0 Å². The molecule has 0 atom stereocenters. The molecule has 0 bridgehead atoms. The van der Waals surface area contributed by atoms with Crippen molar-refractivity contribution in [3.63, 3.8) is 0 Å². The van der Waals surface area contributed by atoms with Gasteiger partial charge in [0.1, 0.15) is 17.5 Å². The lowest BCUT2D eigenvalue weighted by Crippen LogP contribution is -2.02. The molecule has 98 valence electrons. The summed E-state index contributed by atoms with van der Waals surface area (Å²) in [6.45, 7) is 3.52. The maximum absolute atomic E-state index is 13.3. The summed E-state index contributed by atoms with van der Waals surface area (Å²) in [5.74, 6) is -0.297. The topological polar surface area (TPSA) is 68.0 Å². The Morgan fingerprint density at radius 2 is 2.16 bits per heavy atom. The van der Waals surface area contributed by atoms with Crippen molar-refractivity contribution >= 4 is 12.0 Å². The number of aryl methyl sites for hydroxylation is 2. The molecule has 0 radical (unpaired) electrons. The molecule has 0 aliphatic carbocycles. The van der Waals surface area contributed by atoms with Gasteiger partial charge < -0.3 is 5.11 Å². The number of aliphatic carboxylic acids is 1. The summed E-state index contributed by atoms with van der Waals surface area (Å²) in [4.78, 5) is 14.7. The van der Waals surface area contributed by atoms with Crippen molar-refractivity contribution in [1.29, 1.82) is 0 Å². The Bertz CT molecular complexity index is 662. The Balaban J connectivity index is 2.57. The van der Waals surface area contributed by atoms with E-state index in [-0.39, 0.29) is 0 Å². The van der Waals surface area contributed by atoms with Gasteiger partial charge in [-0.05, 0) is 38.1 Å². The fraction of sp³-hybridized carbons (Fsp3) is 0.154. The Hall–Kier alpha value is -2.50. The first-order valence-corrected chi connectivity index (χ1v) is 5.58. The first-order chi connectivity index (χ1) is 8.97. The predicted molar refractivity (Wildman–Crippen MR) is 67.5 cm³/mol. The summed E-state index contributed by atoms with van der Waals surface area (Å²) in [5, 5.41) is 12.8. The number of hydrogen-bond acceptors (Lipinski definition) is 3. The van der Waals surface area contributed by atoms with E-state index in [1.54, 1.807) is 18.5 Å². The van der Waals surface area contributed by atoms with E-state index in [0.717, 1.165) is 6.08 Å². The third-order valence-electron chi connectivity index (χ3n) is 2.50. The average Bonchev–Trinajstić information content (AvgIpc) is 2.66. The van der Waals surface area contributed by atoms with Crippen LogP contribution in [-0.4, -0.2) is 25.8 Å². The van der Waals surface area contributed by atoms with Crippen molar-refractivity contribution in [1.82, 2.24) is 14.8 Å². The Labute approximate surface area is 109 Å². The van der Waals surface area contributed by atoms with Gasteiger partial charge in [0, 0.05) is 11.6 Å². The molecule has 0 spiro atoms. The van der Waals surface area contributed by atoms with Crippen LogP contribution in [0.15, 0.2) is 24.3 Å². The van der Waals surface area contributed by atoms with Crippen LogP contribution in [0.3, 0.4) is 0 Å². The SMILES string of the molecule is Cc1nc(C)n(-c2ccc(F)cc2C=CC(=O)O)n1. The molecule has 0 aliphatic rings. The minimum Gasteiger partial charge on any atom is -0.478 e. The third-order valence-corrected chi connectivity index (χ3v) is 2.50. The molecule has 2 aromatic rings. The van der Waals surface area contributed by atoms with Gasteiger partial charge in [0.2, 0.25) is 0 Å². The first kappa shape index (κ1) is 12.9. The van der Waals surface area contributed by atoms with E-state index in [1.165, 1.54) is 24.3 Å². The number of benzene rings is 1. The van der Waals surface area contributed by atoms with Crippen molar-refractivity contribution in [2.45, 2.75) is 13.8 Å². The molecule has 1 heterocycles. The van der Waals surface area contributed by atoms with Crippen LogP contribution < -0.4 is 0 Å². The second-order valence-corrected chi connectivity index (χ2v) is 3.99. The molecule has 0 unspecified atom stereocenters. The zero-order valence-electron chi connectivity index (χ0n) is 10.5. The van der Waals surface area contributed by atoms with Gasteiger partial charge in [0.05, 0.1) is 5.69 Å². The summed E-state index contributed by atoms with van der Waals surface area (Å²) in [6, 6.07) is 4.09. The summed E-state index contributed by atoms with van der Waals surface area (Å²) in [6.07, 6.45) is 2.29. The molecule has 0 aliphatic heterocycles. The van der Waals surface area contributed by atoms with Crippen LogP contribution in [0, 0.1) is 19.7 Å². The molecule has 0 amide bonds. The van der Waals surface area contributed by atoms with Crippen LogP contribution in [0.4, 0.5) is 4.39 Å². The maximum atomic E-state index is 13.3. The van der Waals surface area contributed by atoms with E-state index in [0.29, 0.717) is 22.9 Å². The Kier molecular flexibility index (Phi) is 3.41. The monoisotopic (exact) mass is 261 g/mol. The van der Waals surface area contributed by atoms with Crippen molar-refractivity contribution in [2.24, 2.45) is 0 Å². The highest BCUT2D eigenvalue weighted by Gasteiger charge is 2.09. The second kappa shape index (κ2) is 5.01. The van der Waals surface area contributed by atoms with Gasteiger partial charge in [0.25, 0.3) is 0 Å². The first-order valence-electron chi connectivity index (χ1n) is 5.58. The molecule has 1 N–H and O–H groups in total. The molecule has 6 heteroatoms. The number of halogens is 1. The number of aromatic nitrogens is 3. The summed E-state index contributed by atoms with van der Waals surface area (Å²) < 4.78 is 14.8. The quantitative estimate of drug-likeness (QED) is 0.859. The van der Waals surface area contributed by atoms with Crippen LogP contribution >= 0.6 is 0 Å². The van der Waals surface area contributed by atoms with E-state index in [9.17, 15) is 9.18 Å². The fourth-order valence-corrected chi connectivity index (χ4v) is 1.76. The van der Waals surface area contributed by atoms with Gasteiger partial charge in [-0.1, -0.05) is 0 Å². The fourth-order valence-electron chi connectivity index (χ4n) is 1.76. The molecule has 2 rings (SSSR count). The number of carboxylic acid groups (broad SMARTS) is 1. The van der Waals surface area contributed by atoms with Crippen LogP contribution in [0.2, 0.25) is 0 Å². The number of carboxylic acids is 1. The van der Waals surface area contributed by atoms with Crippen molar-refractivity contribution in [2.75, 3.05) is 0 Å². The van der Waals surface area contributed by atoms with Gasteiger partial charge in [-0.3, -0.25) is 0 Å². The van der Waals surface area contributed by atoms with Gasteiger partial charge in [-0.2, -0.15) is 5.10 Å². The second-order valence-electron chi connectivity index (χ2n) is 3.99. The molecule has 19 heavy (non-hydrogen) atoms. The molecule has 1 aromatic heterocycles. The van der Waals surface area contributed by atoms with E-state index in [1.807, 2.05) is 0 Å². The molecular formula is C13H12FN3O2. The van der Waals surface area contributed by atoms with E-state index < -0.39 is 11.8 Å². The van der Waals surface area contributed by atoms with E-state index in [4.69, 9.17) is 5.11 Å². The lowest BCUT2D eigenvalue weighted by atomic mass is 10.1. The normalized spacial score (nSPS) is 11.1. The number of rotatable bonds is 3. The summed E-state index contributed by atoms with van der Waals surface area (Å²) in [7, 11) is 0. The summed E-state index contributed by atoms with van der Waals surface area (Å²) in [5.41, 5.74) is 1.01. The number of carbonyl (C=O) groups is 1. The van der Waals surface area contributed by atoms with Crippen LogP contribution in [0.1, 0.15) is 17.2 Å². The molecule has 0 saturated carbocycles.